The number of nitrogen functional groups attached to an aromatic ring is 1. The van der Waals surface area contributed by atoms with Crippen molar-refractivity contribution in [2.75, 3.05) is 17.3 Å². The molecule has 0 fully saturated rings. The normalized spacial score (nSPS) is 10.4. The van der Waals surface area contributed by atoms with E-state index >= 15 is 0 Å². The number of nitrogens with zero attached hydrogens (tertiary/aromatic N) is 4. The number of hydrazine groups is 1. The lowest BCUT2D eigenvalue weighted by Crippen LogP contribution is -2.13. The van der Waals surface area contributed by atoms with Crippen LogP contribution in [0.4, 0.5) is 11.8 Å². The Morgan fingerprint density at radius 2 is 2.26 bits per heavy atom. The molecule has 0 aromatic carbocycles. The number of imidazole rings is 1. The lowest BCUT2D eigenvalue weighted by atomic mass is 10.3. The summed E-state index contributed by atoms with van der Waals surface area (Å²) in [6.07, 6.45) is 9.50. The summed E-state index contributed by atoms with van der Waals surface area (Å²) in [6, 6.07) is 0. The van der Waals surface area contributed by atoms with E-state index in [1.54, 1.807) is 12.4 Å². The highest BCUT2D eigenvalue weighted by atomic mass is 15.3. The Balaban J connectivity index is 1.73. The smallest absolute Gasteiger partial charge is 0.239 e. The van der Waals surface area contributed by atoms with E-state index in [2.05, 4.69) is 30.3 Å². The van der Waals surface area contributed by atoms with Crippen LogP contribution < -0.4 is 16.6 Å². The van der Waals surface area contributed by atoms with Gasteiger partial charge in [0.05, 0.1) is 6.33 Å². The number of unbranched alkanes of at least 4 members (excludes halogenated alkanes) is 1. The monoisotopic (exact) mass is 261 g/mol. The third kappa shape index (κ3) is 3.92. The van der Waals surface area contributed by atoms with Crippen LogP contribution in [0.2, 0.25) is 0 Å². The number of anilines is 2. The van der Waals surface area contributed by atoms with E-state index < -0.39 is 0 Å². The Kier molecular flexibility index (Phi) is 4.68. The third-order valence-electron chi connectivity index (χ3n) is 2.80. The number of nitrogens with two attached hydrogens (primary N) is 1. The first-order chi connectivity index (χ1) is 9.29. The molecule has 4 N–H and O–H groups in total. The van der Waals surface area contributed by atoms with Gasteiger partial charge in [0, 0.05) is 37.2 Å². The lowest BCUT2D eigenvalue weighted by molar-refractivity contribution is 0.620. The maximum absolute atomic E-state index is 5.29. The zero-order valence-corrected chi connectivity index (χ0v) is 11.0. The molecule has 0 saturated heterocycles. The Bertz CT molecular complexity index is 495. The number of rotatable bonds is 7. The number of aromatic nitrogens is 4. The quantitative estimate of drug-likeness (QED) is 0.393. The molecule has 2 heterocycles. The van der Waals surface area contributed by atoms with E-state index in [0.717, 1.165) is 37.3 Å². The van der Waals surface area contributed by atoms with Crippen LogP contribution in [0.15, 0.2) is 24.9 Å². The van der Waals surface area contributed by atoms with E-state index in [9.17, 15) is 0 Å². The van der Waals surface area contributed by atoms with Crippen LogP contribution in [0.1, 0.15) is 18.4 Å². The van der Waals surface area contributed by atoms with Gasteiger partial charge in [0.2, 0.25) is 5.95 Å². The molecule has 0 aliphatic rings. The molecule has 0 amide bonds. The van der Waals surface area contributed by atoms with Gasteiger partial charge in [0.15, 0.2) is 0 Å². The predicted octanol–water partition coefficient (Wildman–Crippen LogP) is 1.16. The summed E-state index contributed by atoms with van der Waals surface area (Å²) in [5.74, 6) is 6.54. The predicted molar refractivity (Wildman–Crippen MR) is 74.5 cm³/mol. The average molecular weight is 261 g/mol. The van der Waals surface area contributed by atoms with Crippen LogP contribution in [0.3, 0.4) is 0 Å². The van der Waals surface area contributed by atoms with Crippen molar-refractivity contribution < 1.29 is 0 Å². The van der Waals surface area contributed by atoms with Crippen molar-refractivity contribution in [1.82, 2.24) is 19.5 Å². The summed E-state index contributed by atoms with van der Waals surface area (Å²) < 4.78 is 2.08. The molecule has 2 aromatic rings. The second kappa shape index (κ2) is 6.69. The maximum atomic E-state index is 5.29. The first kappa shape index (κ1) is 13.3. The molecule has 7 nitrogen and oxygen atoms in total. The molecule has 0 bridgehead atoms. The van der Waals surface area contributed by atoms with Gasteiger partial charge in [0.1, 0.15) is 5.82 Å². The van der Waals surface area contributed by atoms with Crippen LogP contribution in [0.25, 0.3) is 0 Å². The SMILES string of the molecule is Cc1cnc(NN)nc1NCCCCn1ccnc1. The molecule has 0 aliphatic heterocycles. The summed E-state index contributed by atoms with van der Waals surface area (Å²) >= 11 is 0. The summed E-state index contributed by atoms with van der Waals surface area (Å²) in [6.45, 7) is 3.82. The molecule has 0 saturated carbocycles. The van der Waals surface area contributed by atoms with Gasteiger partial charge in [-0.3, -0.25) is 5.43 Å². The summed E-state index contributed by atoms with van der Waals surface area (Å²) in [5, 5.41) is 3.30. The van der Waals surface area contributed by atoms with Crippen molar-refractivity contribution in [3.05, 3.63) is 30.5 Å². The van der Waals surface area contributed by atoms with Crippen molar-refractivity contribution >= 4 is 11.8 Å². The van der Waals surface area contributed by atoms with Gasteiger partial charge < -0.3 is 9.88 Å². The van der Waals surface area contributed by atoms with Crippen molar-refractivity contribution in [3.63, 3.8) is 0 Å². The Morgan fingerprint density at radius 1 is 1.37 bits per heavy atom. The van der Waals surface area contributed by atoms with E-state index in [-0.39, 0.29) is 0 Å². The van der Waals surface area contributed by atoms with Gasteiger partial charge in [-0.2, -0.15) is 4.98 Å². The maximum Gasteiger partial charge on any atom is 0.239 e. The van der Waals surface area contributed by atoms with Crippen molar-refractivity contribution in [1.29, 1.82) is 0 Å². The number of hydrogen-bond acceptors (Lipinski definition) is 6. The van der Waals surface area contributed by atoms with E-state index in [1.165, 1.54) is 0 Å². The molecule has 0 radical (unpaired) electrons. The van der Waals surface area contributed by atoms with Crippen LogP contribution in [0.5, 0.6) is 0 Å². The lowest BCUT2D eigenvalue weighted by Gasteiger charge is -2.09. The second-order valence-electron chi connectivity index (χ2n) is 4.30. The highest BCUT2D eigenvalue weighted by Crippen LogP contribution is 2.11. The molecule has 0 spiro atoms. The highest BCUT2D eigenvalue weighted by molar-refractivity contribution is 5.45. The van der Waals surface area contributed by atoms with Gasteiger partial charge in [0.25, 0.3) is 0 Å². The van der Waals surface area contributed by atoms with Crippen molar-refractivity contribution in [2.45, 2.75) is 26.3 Å². The van der Waals surface area contributed by atoms with E-state index in [4.69, 9.17) is 5.84 Å². The Labute approximate surface area is 112 Å². The molecular weight excluding hydrogens is 242 g/mol. The van der Waals surface area contributed by atoms with Crippen LogP contribution in [0, 0.1) is 6.92 Å². The van der Waals surface area contributed by atoms with Crippen LogP contribution in [-0.2, 0) is 6.54 Å². The fourth-order valence-corrected chi connectivity index (χ4v) is 1.74. The van der Waals surface area contributed by atoms with Gasteiger partial charge in [-0.1, -0.05) is 0 Å². The van der Waals surface area contributed by atoms with E-state index in [1.807, 2.05) is 19.4 Å². The first-order valence-electron chi connectivity index (χ1n) is 6.29. The standard InChI is InChI=1S/C12H19N7/c1-10-8-16-12(18-13)17-11(10)15-4-2-3-6-19-7-5-14-9-19/h5,7-9H,2-4,6,13H2,1H3,(H2,15,16,17,18). The molecule has 19 heavy (non-hydrogen) atoms. The Hall–Kier alpha value is -2.15. The molecule has 0 aliphatic carbocycles. The molecule has 2 rings (SSSR count). The molecule has 2 aromatic heterocycles. The summed E-state index contributed by atoms with van der Waals surface area (Å²) in [5.41, 5.74) is 3.45. The molecule has 7 heteroatoms. The zero-order chi connectivity index (χ0) is 13.5. The minimum atomic E-state index is 0.423. The van der Waals surface area contributed by atoms with Crippen molar-refractivity contribution in [2.24, 2.45) is 5.84 Å². The van der Waals surface area contributed by atoms with Gasteiger partial charge >= 0.3 is 0 Å². The van der Waals surface area contributed by atoms with Crippen LogP contribution >= 0.6 is 0 Å². The molecule has 0 atom stereocenters. The average Bonchev–Trinajstić information content (AvgIpc) is 2.93. The minimum Gasteiger partial charge on any atom is -0.370 e. The largest absolute Gasteiger partial charge is 0.370 e. The van der Waals surface area contributed by atoms with E-state index in [0.29, 0.717) is 5.95 Å². The summed E-state index contributed by atoms with van der Waals surface area (Å²) in [7, 11) is 0. The minimum absolute atomic E-state index is 0.423. The number of hydrogen-bond donors (Lipinski definition) is 3. The van der Waals surface area contributed by atoms with Gasteiger partial charge in [-0.25, -0.2) is 15.8 Å². The Morgan fingerprint density at radius 3 is 3.00 bits per heavy atom. The molecular formula is C12H19N7. The highest BCUT2D eigenvalue weighted by Gasteiger charge is 2.02. The topological polar surface area (TPSA) is 93.7 Å². The number of nitrogens with one attached hydrogen (secondary N) is 2. The zero-order valence-electron chi connectivity index (χ0n) is 11.0. The fourth-order valence-electron chi connectivity index (χ4n) is 1.74. The summed E-state index contributed by atoms with van der Waals surface area (Å²) in [4.78, 5) is 12.3. The molecule has 0 unspecified atom stereocenters. The van der Waals surface area contributed by atoms with Crippen molar-refractivity contribution in [3.8, 4) is 0 Å². The fraction of sp³-hybridized carbons (Fsp3) is 0.417. The number of aryl methyl sites for hydroxylation is 2. The van der Waals surface area contributed by atoms with Gasteiger partial charge in [-0.05, 0) is 19.8 Å². The third-order valence-corrected chi connectivity index (χ3v) is 2.80. The first-order valence-corrected chi connectivity index (χ1v) is 6.29. The molecule has 102 valence electrons. The van der Waals surface area contributed by atoms with Gasteiger partial charge in [-0.15, -0.1) is 0 Å². The van der Waals surface area contributed by atoms with Crippen LogP contribution in [-0.4, -0.2) is 26.1 Å². The second-order valence-corrected chi connectivity index (χ2v) is 4.30.